The molecular formula is C29H25Cl. The molecule has 0 aliphatic carbocycles. The molecule has 0 atom stereocenters. The van der Waals surface area contributed by atoms with Crippen LogP contribution in [0.2, 0.25) is 5.02 Å². The molecule has 0 N–H and O–H groups in total. The zero-order valence-corrected chi connectivity index (χ0v) is 18.2. The Balaban J connectivity index is 1.65. The Morgan fingerprint density at radius 2 is 1.20 bits per heavy atom. The fourth-order valence-electron chi connectivity index (χ4n) is 3.77. The van der Waals surface area contributed by atoms with Gasteiger partial charge in [0.2, 0.25) is 0 Å². The average molecular weight is 409 g/mol. The number of hydrogen-bond acceptors (Lipinski definition) is 0. The summed E-state index contributed by atoms with van der Waals surface area (Å²) in [6.07, 6.45) is 3.25. The van der Waals surface area contributed by atoms with Gasteiger partial charge in [-0.3, -0.25) is 0 Å². The van der Waals surface area contributed by atoms with E-state index in [4.69, 9.17) is 11.6 Å². The summed E-state index contributed by atoms with van der Waals surface area (Å²) in [5.74, 6) is 0. The van der Waals surface area contributed by atoms with Crippen molar-refractivity contribution in [2.75, 3.05) is 0 Å². The van der Waals surface area contributed by atoms with Gasteiger partial charge >= 0.3 is 0 Å². The smallest absolute Gasteiger partial charge is 0.0418 e. The molecule has 0 fully saturated rings. The molecule has 0 aliphatic rings. The van der Waals surface area contributed by atoms with Gasteiger partial charge in [0.05, 0.1) is 0 Å². The summed E-state index contributed by atoms with van der Waals surface area (Å²) < 4.78 is 0. The van der Waals surface area contributed by atoms with Crippen LogP contribution >= 0.6 is 11.6 Å². The summed E-state index contributed by atoms with van der Waals surface area (Å²) in [4.78, 5) is 0. The lowest BCUT2D eigenvalue weighted by molar-refractivity contribution is 1.22. The number of benzene rings is 4. The van der Waals surface area contributed by atoms with Crippen LogP contribution < -0.4 is 0 Å². The summed E-state index contributed by atoms with van der Waals surface area (Å²) in [5, 5.41) is 0.769. The zero-order chi connectivity index (χ0) is 20.9. The van der Waals surface area contributed by atoms with E-state index in [0.29, 0.717) is 0 Å². The topological polar surface area (TPSA) is 0 Å². The van der Waals surface area contributed by atoms with Gasteiger partial charge in [0.25, 0.3) is 0 Å². The molecule has 0 spiro atoms. The van der Waals surface area contributed by atoms with Crippen LogP contribution in [0, 0.1) is 0 Å². The molecule has 0 aromatic heterocycles. The highest BCUT2D eigenvalue weighted by Gasteiger charge is 2.06. The maximum Gasteiger partial charge on any atom is 0.0418 e. The van der Waals surface area contributed by atoms with E-state index in [1.54, 1.807) is 0 Å². The van der Waals surface area contributed by atoms with Gasteiger partial charge in [0.1, 0.15) is 0 Å². The Labute approximate surface area is 184 Å². The van der Waals surface area contributed by atoms with Gasteiger partial charge < -0.3 is 0 Å². The molecule has 0 amide bonds. The molecule has 148 valence electrons. The van der Waals surface area contributed by atoms with Crippen molar-refractivity contribution in [3.63, 3.8) is 0 Å². The molecule has 0 aliphatic heterocycles. The van der Waals surface area contributed by atoms with Gasteiger partial charge in [0, 0.05) is 5.02 Å². The third-order valence-electron chi connectivity index (χ3n) is 5.38. The van der Waals surface area contributed by atoms with Gasteiger partial charge in [-0.15, -0.1) is 0 Å². The van der Waals surface area contributed by atoms with Crippen molar-refractivity contribution in [2.24, 2.45) is 0 Å². The molecule has 0 saturated carbocycles. The van der Waals surface area contributed by atoms with Gasteiger partial charge in [-0.2, -0.15) is 0 Å². The van der Waals surface area contributed by atoms with E-state index in [2.05, 4.69) is 98.8 Å². The van der Waals surface area contributed by atoms with Gasteiger partial charge in [-0.05, 0) is 82.1 Å². The van der Waals surface area contributed by atoms with Crippen LogP contribution in [0.3, 0.4) is 0 Å². The average Bonchev–Trinajstić information content (AvgIpc) is 2.80. The predicted octanol–water partition coefficient (Wildman–Crippen LogP) is 9.15. The number of halogens is 1. The van der Waals surface area contributed by atoms with Crippen molar-refractivity contribution in [3.8, 4) is 33.4 Å². The molecule has 0 saturated heterocycles. The summed E-state index contributed by atoms with van der Waals surface area (Å²) in [7, 11) is 0. The first-order chi connectivity index (χ1) is 14.6. The summed E-state index contributed by atoms with van der Waals surface area (Å²) in [6, 6.07) is 34.2. The molecule has 30 heavy (non-hydrogen) atoms. The van der Waals surface area contributed by atoms with Crippen molar-refractivity contribution >= 4 is 17.2 Å². The fourth-order valence-corrected chi connectivity index (χ4v) is 4.01. The van der Waals surface area contributed by atoms with Crippen LogP contribution in [0.1, 0.15) is 25.8 Å². The Bertz CT molecular complexity index is 1170. The Hall–Kier alpha value is -3.09. The third kappa shape index (κ3) is 4.56. The highest BCUT2D eigenvalue weighted by Crippen LogP contribution is 2.31. The Kier molecular flexibility index (Phi) is 6.16. The highest BCUT2D eigenvalue weighted by atomic mass is 35.5. The molecule has 4 aromatic carbocycles. The molecule has 0 heterocycles. The van der Waals surface area contributed by atoms with Gasteiger partial charge in [0.15, 0.2) is 0 Å². The van der Waals surface area contributed by atoms with Crippen LogP contribution in [-0.2, 0) is 0 Å². The summed E-state index contributed by atoms with van der Waals surface area (Å²) in [5.41, 5.74) is 9.65. The number of allylic oxidation sites excluding steroid dienone is 2. The first-order valence-corrected chi connectivity index (χ1v) is 10.8. The van der Waals surface area contributed by atoms with E-state index in [1.807, 2.05) is 18.2 Å². The first-order valence-electron chi connectivity index (χ1n) is 10.4. The Morgan fingerprint density at radius 3 is 1.83 bits per heavy atom. The van der Waals surface area contributed by atoms with Gasteiger partial charge in [-0.25, -0.2) is 0 Å². The van der Waals surface area contributed by atoms with E-state index in [9.17, 15) is 0 Å². The maximum absolute atomic E-state index is 6.42. The molecule has 0 unspecified atom stereocenters. The minimum atomic E-state index is 0.769. The van der Waals surface area contributed by atoms with Crippen LogP contribution in [0.25, 0.3) is 39.0 Å². The normalized spacial score (nSPS) is 11.5. The van der Waals surface area contributed by atoms with Crippen molar-refractivity contribution in [1.29, 1.82) is 0 Å². The van der Waals surface area contributed by atoms with Crippen molar-refractivity contribution < 1.29 is 0 Å². The van der Waals surface area contributed by atoms with Crippen molar-refractivity contribution in [3.05, 3.63) is 114 Å². The van der Waals surface area contributed by atoms with Crippen LogP contribution in [0.5, 0.6) is 0 Å². The summed E-state index contributed by atoms with van der Waals surface area (Å²) in [6.45, 7) is 4.29. The largest absolute Gasteiger partial charge is 0.0843 e. The predicted molar refractivity (Wildman–Crippen MR) is 132 cm³/mol. The molecule has 0 radical (unpaired) electrons. The molecule has 0 bridgehead atoms. The molecule has 4 aromatic rings. The van der Waals surface area contributed by atoms with E-state index in [-0.39, 0.29) is 0 Å². The maximum atomic E-state index is 6.42. The molecular weight excluding hydrogens is 384 g/mol. The minimum absolute atomic E-state index is 0.769. The van der Waals surface area contributed by atoms with Gasteiger partial charge in [-0.1, -0.05) is 97.4 Å². The standard InChI is InChI=1S/C29H25Cl/c1-3-8-21(2)27-18-28(20-29(30)19-27)24-15-13-23(14-16-24)26-12-7-11-25(17-26)22-9-5-4-6-10-22/h4-20H,3H2,1-2H3/b21-8+. The number of rotatable bonds is 5. The van der Waals surface area contributed by atoms with Crippen LogP contribution in [0.15, 0.2) is 103 Å². The monoisotopic (exact) mass is 408 g/mol. The molecule has 1 heteroatoms. The lowest BCUT2D eigenvalue weighted by Crippen LogP contribution is -1.86. The van der Waals surface area contributed by atoms with Crippen LogP contribution in [-0.4, -0.2) is 0 Å². The lowest BCUT2D eigenvalue weighted by Gasteiger charge is -2.10. The second kappa shape index (κ2) is 9.15. The van der Waals surface area contributed by atoms with E-state index < -0.39 is 0 Å². The van der Waals surface area contributed by atoms with Crippen molar-refractivity contribution in [1.82, 2.24) is 0 Å². The lowest BCUT2D eigenvalue weighted by atomic mass is 9.96. The van der Waals surface area contributed by atoms with E-state index in [0.717, 1.165) is 17.0 Å². The molecule has 0 nitrogen and oxygen atoms in total. The van der Waals surface area contributed by atoms with Crippen LogP contribution in [0.4, 0.5) is 0 Å². The first kappa shape index (κ1) is 20.2. The fraction of sp³-hybridized carbons (Fsp3) is 0.103. The second-order valence-corrected chi connectivity index (χ2v) is 7.98. The summed E-state index contributed by atoms with van der Waals surface area (Å²) >= 11 is 6.42. The third-order valence-corrected chi connectivity index (χ3v) is 5.60. The van der Waals surface area contributed by atoms with E-state index >= 15 is 0 Å². The Morgan fingerprint density at radius 1 is 0.633 bits per heavy atom. The second-order valence-electron chi connectivity index (χ2n) is 7.55. The molecule has 4 rings (SSSR count). The quantitative estimate of drug-likeness (QED) is 0.308. The van der Waals surface area contributed by atoms with E-state index in [1.165, 1.54) is 39.0 Å². The zero-order valence-electron chi connectivity index (χ0n) is 17.4. The minimum Gasteiger partial charge on any atom is -0.0843 e. The highest BCUT2D eigenvalue weighted by molar-refractivity contribution is 6.31. The SMILES string of the molecule is CC/C=C(\C)c1cc(Cl)cc(-c2ccc(-c3cccc(-c4ccccc4)c3)cc2)c1. The number of hydrogen-bond donors (Lipinski definition) is 0. The van der Waals surface area contributed by atoms with Crippen molar-refractivity contribution in [2.45, 2.75) is 20.3 Å².